The molecule has 2 fully saturated rings. The van der Waals surface area contributed by atoms with Crippen LogP contribution in [-0.2, 0) is 6.42 Å². The topological polar surface area (TPSA) is 40.7 Å². The van der Waals surface area contributed by atoms with E-state index in [9.17, 15) is 0 Å². The molecule has 0 amide bonds. The molecule has 0 spiro atoms. The number of nitrogens with zero attached hydrogens (tertiary/aromatic N) is 1. The molecule has 102 valence electrons. The smallest absolute Gasteiger partial charge is 0.111 e. The van der Waals surface area contributed by atoms with Gasteiger partial charge in [0.25, 0.3) is 0 Å². The molecule has 5 rings (SSSR count). The molecule has 20 heavy (non-hydrogen) atoms. The van der Waals surface area contributed by atoms with E-state index in [1.165, 1.54) is 52.1 Å². The molecule has 2 bridgehead atoms. The molecule has 3 heterocycles. The average Bonchev–Trinajstić information content (AvgIpc) is 3.18. The summed E-state index contributed by atoms with van der Waals surface area (Å²) in [4.78, 5) is 8.58. The van der Waals surface area contributed by atoms with Crippen LogP contribution < -0.4 is 5.32 Å². The van der Waals surface area contributed by atoms with Crippen molar-refractivity contribution in [3.63, 3.8) is 0 Å². The molecule has 0 radical (unpaired) electrons. The molecule has 1 aromatic heterocycles. The number of aromatic nitrogens is 2. The maximum Gasteiger partial charge on any atom is 0.111 e. The summed E-state index contributed by atoms with van der Waals surface area (Å²) < 4.78 is 1.20. The van der Waals surface area contributed by atoms with E-state index in [-0.39, 0.29) is 0 Å². The fraction of sp³-hybridized carbons (Fsp3) is 0.438. The quantitative estimate of drug-likeness (QED) is 0.718. The summed E-state index contributed by atoms with van der Waals surface area (Å²) in [5, 5.41) is 3.70. The van der Waals surface area contributed by atoms with E-state index >= 15 is 0 Å². The summed E-state index contributed by atoms with van der Waals surface area (Å²) in [6, 6.07) is 7.78. The van der Waals surface area contributed by atoms with E-state index < -0.39 is 0 Å². The molecule has 4 heteroatoms. The second-order valence-electron chi connectivity index (χ2n) is 6.28. The number of benzene rings is 1. The first-order valence-electron chi connectivity index (χ1n) is 7.42. The van der Waals surface area contributed by atoms with Gasteiger partial charge in [0, 0.05) is 40.2 Å². The summed E-state index contributed by atoms with van der Waals surface area (Å²) >= 11 is 3.65. The van der Waals surface area contributed by atoms with Gasteiger partial charge in [-0.2, -0.15) is 0 Å². The van der Waals surface area contributed by atoms with Crippen LogP contribution in [0.3, 0.4) is 0 Å². The molecule has 1 aliphatic carbocycles. The summed E-state index contributed by atoms with van der Waals surface area (Å²) in [5.41, 5.74) is 5.15. The summed E-state index contributed by atoms with van der Waals surface area (Å²) in [7, 11) is 0. The molecule has 2 aliphatic heterocycles. The van der Waals surface area contributed by atoms with Gasteiger partial charge in [-0.25, -0.2) is 4.98 Å². The number of nitrogens with one attached hydrogen (secondary N) is 2. The SMILES string of the molecule is Brc1cccc2c1Cc1[nH]c(C3CC4CCC3N4)nc1-2. The number of hydrogen-bond donors (Lipinski definition) is 2. The van der Waals surface area contributed by atoms with Crippen molar-refractivity contribution in [2.24, 2.45) is 0 Å². The highest BCUT2D eigenvalue weighted by atomic mass is 79.9. The lowest BCUT2D eigenvalue weighted by Crippen LogP contribution is -2.22. The van der Waals surface area contributed by atoms with Gasteiger partial charge in [-0.05, 0) is 30.9 Å². The first-order valence-corrected chi connectivity index (χ1v) is 8.21. The van der Waals surface area contributed by atoms with Crippen molar-refractivity contribution < 1.29 is 0 Å². The number of fused-ring (bicyclic) bond motifs is 5. The first-order chi connectivity index (χ1) is 9.79. The Balaban J connectivity index is 1.56. The van der Waals surface area contributed by atoms with Gasteiger partial charge in [-0.3, -0.25) is 0 Å². The zero-order chi connectivity index (χ0) is 13.3. The molecule has 1 aromatic carbocycles. The third kappa shape index (κ3) is 1.46. The van der Waals surface area contributed by atoms with Crippen LogP contribution in [0.25, 0.3) is 11.3 Å². The molecular formula is C16H16BrN3. The van der Waals surface area contributed by atoms with E-state index in [4.69, 9.17) is 4.98 Å². The third-order valence-electron chi connectivity index (χ3n) is 5.18. The lowest BCUT2D eigenvalue weighted by molar-refractivity contribution is 0.489. The van der Waals surface area contributed by atoms with Crippen LogP contribution in [0.15, 0.2) is 22.7 Å². The second-order valence-corrected chi connectivity index (χ2v) is 7.14. The van der Waals surface area contributed by atoms with Crippen molar-refractivity contribution in [2.75, 3.05) is 0 Å². The minimum Gasteiger partial charge on any atom is -0.345 e. The maximum absolute atomic E-state index is 4.96. The predicted octanol–water partition coefficient (Wildman–Crippen LogP) is 3.35. The van der Waals surface area contributed by atoms with Crippen molar-refractivity contribution >= 4 is 15.9 Å². The van der Waals surface area contributed by atoms with E-state index in [2.05, 4.69) is 44.4 Å². The number of hydrogen-bond acceptors (Lipinski definition) is 2. The highest BCUT2D eigenvalue weighted by molar-refractivity contribution is 9.10. The highest BCUT2D eigenvalue weighted by Gasteiger charge is 2.41. The maximum atomic E-state index is 4.96. The predicted molar refractivity (Wildman–Crippen MR) is 81.8 cm³/mol. The Hall–Kier alpha value is -1.13. The summed E-state index contributed by atoms with van der Waals surface area (Å²) in [5.74, 6) is 1.80. The summed E-state index contributed by atoms with van der Waals surface area (Å²) in [6.07, 6.45) is 4.88. The number of rotatable bonds is 1. The minimum atomic E-state index is 0.593. The van der Waals surface area contributed by atoms with Gasteiger partial charge in [-0.1, -0.05) is 28.1 Å². The van der Waals surface area contributed by atoms with Crippen LogP contribution in [0.1, 0.15) is 42.3 Å². The van der Waals surface area contributed by atoms with Crippen molar-refractivity contribution in [1.82, 2.24) is 15.3 Å². The number of H-pyrrole nitrogens is 1. The first kappa shape index (κ1) is 11.5. The Morgan fingerprint density at radius 1 is 1.25 bits per heavy atom. The Kier molecular flexibility index (Phi) is 2.28. The lowest BCUT2D eigenvalue weighted by atomic mass is 9.89. The molecule has 3 aliphatic rings. The lowest BCUT2D eigenvalue weighted by Gasteiger charge is -2.17. The van der Waals surface area contributed by atoms with Gasteiger partial charge in [0.2, 0.25) is 0 Å². The largest absolute Gasteiger partial charge is 0.345 e. The van der Waals surface area contributed by atoms with Gasteiger partial charge in [0.05, 0.1) is 5.69 Å². The molecule has 2 saturated heterocycles. The standard InChI is InChI=1S/C16H16BrN3/c17-12-3-1-2-9-10(12)7-14-15(9)20-16(19-14)11-6-8-4-5-13(11)18-8/h1-3,8,11,13,18H,4-7H2,(H,19,20). The second kappa shape index (κ2) is 3.95. The van der Waals surface area contributed by atoms with Crippen LogP contribution in [0, 0.1) is 0 Å². The van der Waals surface area contributed by atoms with Crippen LogP contribution in [0.2, 0.25) is 0 Å². The Morgan fingerprint density at radius 2 is 2.20 bits per heavy atom. The molecular weight excluding hydrogens is 314 g/mol. The molecule has 2 N–H and O–H groups in total. The van der Waals surface area contributed by atoms with Crippen LogP contribution in [0.4, 0.5) is 0 Å². The van der Waals surface area contributed by atoms with Crippen molar-refractivity contribution in [2.45, 2.75) is 43.7 Å². The van der Waals surface area contributed by atoms with Crippen LogP contribution in [-0.4, -0.2) is 22.1 Å². The number of halogens is 1. The molecule has 2 aromatic rings. The van der Waals surface area contributed by atoms with Gasteiger partial charge in [-0.15, -0.1) is 0 Å². The molecule has 3 atom stereocenters. The van der Waals surface area contributed by atoms with E-state index in [1.807, 2.05) is 0 Å². The number of imidazole rings is 1. The average molecular weight is 330 g/mol. The zero-order valence-corrected chi connectivity index (χ0v) is 12.7. The van der Waals surface area contributed by atoms with Crippen LogP contribution >= 0.6 is 15.9 Å². The van der Waals surface area contributed by atoms with E-state index in [0.29, 0.717) is 12.0 Å². The highest BCUT2D eigenvalue weighted by Crippen LogP contribution is 2.43. The van der Waals surface area contributed by atoms with Crippen molar-refractivity contribution in [1.29, 1.82) is 0 Å². The minimum absolute atomic E-state index is 0.593. The van der Waals surface area contributed by atoms with Crippen molar-refractivity contribution in [3.8, 4) is 11.3 Å². The number of aromatic amines is 1. The molecule has 3 unspecified atom stereocenters. The molecule has 3 nitrogen and oxygen atoms in total. The zero-order valence-electron chi connectivity index (χ0n) is 11.1. The Labute approximate surface area is 126 Å². The van der Waals surface area contributed by atoms with Gasteiger partial charge in [0.15, 0.2) is 0 Å². The van der Waals surface area contributed by atoms with Gasteiger partial charge in [0.1, 0.15) is 5.82 Å². The molecule has 0 saturated carbocycles. The Morgan fingerprint density at radius 3 is 3.00 bits per heavy atom. The van der Waals surface area contributed by atoms with Gasteiger partial charge >= 0.3 is 0 Å². The fourth-order valence-electron chi connectivity index (χ4n) is 4.22. The summed E-state index contributed by atoms with van der Waals surface area (Å²) in [6.45, 7) is 0. The fourth-order valence-corrected chi connectivity index (χ4v) is 4.73. The van der Waals surface area contributed by atoms with E-state index in [0.717, 1.165) is 12.5 Å². The Bertz CT molecular complexity index is 706. The van der Waals surface area contributed by atoms with Crippen LogP contribution in [0.5, 0.6) is 0 Å². The third-order valence-corrected chi connectivity index (χ3v) is 5.92. The van der Waals surface area contributed by atoms with Crippen molar-refractivity contribution in [3.05, 3.63) is 39.8 Å². The monoisotopic (exact) mass is 329 g/mol. The normalized spacial score (nSPS) is 29.8. The van der Waals surface area contributed by atoms with E-state index in [1.54, 1.807) is 0 Å². The van der Waals surface area contributed by atoms with Gasteiger partial charge < -0.3 is 10.3 Å².